The minimum Gasteiger partial charge on any atom is -0.497 e. The molecular formula is C32H43ClO10S. The van der Waals surface area contributed by atoms with Gasteiger partial charge in [-0.25, -0.2) is 0 Å². The highest BCUT2D eigenvalue weighted by Crippen LogP contribution is 2.46. The van der Waals surface area contributed by atoms with E-state index in [4.69, 9.17) is 54.2 Å². The number of halogens is 1. The first-order valence-corrected chi connectivity index (χ1v) is 16.1. The molecule has 12 heteroatoms. The molecule has 2 heterocycles. The Hall–Kier alpha value is -1.93. The summed E-state index contributed by atoms with van der Waals surface area (Å²) < 4.78 is 55.4. The van der Waals surface area contributed by atoms with Gasteiger partial charge in [0.2, 0.25) is 11.6 Å². The molecule has 2 aliphatic rings. The molecule has 10 nitrogen and oxygen atoms in total. The number of carbonyl (C=O) groups is 1. The average Bonchev–Trinajstić information content (AvgIpc) is 3.05. The molecule has 2 saturated heterocycles. The van der Waals surface area contributed by atoms with Crippen molar-refractivity contribution in [1.82, 2.24) is 0 Å². The van der Waals surface area contributed by atoms with Crippen LogP contribution in [0.1, 0.15) is 31.9 Å². The van der Waals surface area contributed by atoms with E-state index < -0.39 is 53.5 Å². The minimum atomic E-state index is -1.35. The van der Waals surface area contributed by atoms with E-state index in [1.165, 1.54) is 14.2 Å². The summed E-state index contributed by atoms with van der Waals surface area (Å²) in [5, 5.41) is 0. The number of alkyl halides is 1. The Morgan fingerprint density at radius 1 is 0.932 bits per heavy atom. The average molecular weight is 655 g/mol. The lowest BCUT2D eigenvalue weighted by molar-refractivity contribution is -0.473. The number of hydrogen-bond acceptors (Lipinski definition) is 11. The lowest BCUT2D eigenvalue weighted by atomic mass is 9.91. The number of fused-ring (bicyclic) bond motifs is 1. The van der Waals surface area contributed by atoms with Crippen molar-refractivity contribution in [3.8, 4) is 5.75 Å². The molecule has 0 unspecified atom stereocenters. The van der Waals surface area contributed by atoms with E-state index in [2.05, 4.69) is 0 Å². The fourth-order valence-corrected chi connectivity index (χ4v) is 6.28. The zero-order valence-electron chi connectivity index (χ0n) is 26.1. The summed E-state index contributed by atoms with van der Waals surface area (Å²) in [5.74, 6) is -2.10. The van der Waals surface area contributed by atoms with Crippen molar-refractivity contribution in [2.45, 2.75) is 81.5 Å². The quantitative estimate of drug-likeness (QED) is 0.193. The molecular weight excluding hydrogens is 612 g/mol. The minimum absolute atomic E-state index is 0.0287. The summed E-state index contributed by atoms with van der Waals surface area (Å²) in [6, 6.07) is 17.4. The summed E-state index contributed by atoms with van der Waals surface area (Å²) in [6.07, 6.45) is -3.78. The van der Waals surface area contributed by atoms with Crippen LogP contribution >= 0.6 is 23.4 Å². The largest absolute Gasteiger partial charge is 0.497 e. The van der Waals surface area contributed by atoms with Gasteiger partial charge in [-0.05, 0) is 42.9 Å². The van der Waals surface area contributed by atoms with Crippen LogP contribution < -0.4 is 4.74 Å². The van der Waals surface area contributed by atoms with Crippen LogP contribution in [-0.4, -0.2) is 93.1 Å². The first-order chi connectivity index (χ1) is 21.2. The van der Waals surface area contributed by atoms with Crippen LogP contribution in [0.5, 0.6) is 5.75 Å². The standard InChI is InChI=1S/C32H43ClO10S/c1-7-44-30-29(39-19-22-13-15-23(35-4)16-14-22)28-27(42-31(2,36-5)32(3,37-6)43-28)26(41-30)24(40-25(34)17-33)20-38-18-21-11-9-8-10-12-21/h8-16,24,26-30H,7,17-20H2,1-6H3/t24-,26+,27+,28-,29-,30-,31-,32-/m0/s1. The van der Waals surface area contributed by atoms with E-state index in [1.54, 1.807) is 32.7 Å². The van der Waals surface area contributed by atoms with Crippen molar-refractivity contribution in [1.29, 1.82) is 0 Å². The third kappa shape index (κ3) is 8.07. The second kappa shape index (κ2) is 16.1. The molecule has 2 aliphatic heterocycles. The number of ether oxygens (including phenoxy) is 9. The van der Waals surface area contributed by atoms with Gasteiger partial charge < -0.3 is 42.6 Å². The Balaban J connectivity index is 1.66. The van der Waals surface area contributed by atoms with Crippen molar-refractivity contribution < 1.29 is 47.4 Å². The molecule has 44 heavy (non-hydrogen) atoms. The summed E-state index contributed by atoms with van der Waals surface area (Å²) in [7, 11) is 4.67. The van der Waals surface area contributed by atoms with Gasteiger partial charge in [-0.15, -0.1) is 23.4 Å². The number of esters is 1. The number of thioether (sulfide) groups is 1. The molecule has 0 aromatic heterocycles. The first kappa shape index (κ1) is 34.9. The van der Waals surface area contributed by atoms with E-state index in [0.29, 0.717) is 6.61 Å². The molecule has 2 aromatic rings. The number of rotatable bonds is 15. The van der Waals surface area contributed by atoms with Crippen LogP contribution in [0, 0.1) is 0 Å². The summed E-state index contributed by atoms with van der Waals surface area (Å²) in [4.78, 5) is 12.5. The zero-order chi connectivity index (χ0) is 31.7. The Morgan fingerprint density at radius 3 is 2.16 bits per heavy atom. The maximum atomic E-state index is 12.5. The third-order valence-corrected chi connectivity index (χ3v) is 9.20. The SMILES string of the molecule is CCS[C@@H]1O[C@H]([C@H](COCc2ccccc2)OC(=O)CCl)[C@H]2O[C@](C)(OC)[C@@](C)(OC)O[C@@H]2[C@@H]1OCc1ccc(OC)cc1. The Labute approximate surface area is 268 Å². The van der Waals surface area contributed by atoms with Crippen molar-refractivity contribution >= 4 is 29.3 Å². The Bertz CT molecular complexity index is 1170. The lowest BCUT2D eigenvalue weighted by Crippen LogP contribution is -2.74. The van der Waals surface area contributed by atoms with Crippen molar-refractivity contribution in [3.05, 3.63) is 65.7 Å². The highest BCUT2D eigenvalue weighted by atomic mass is 35.5. The normalized spacial score (nSPS) is 30.8. The second-order valence-electron chi connectivity index (χ2n) is 10.7. The molecule has 0 aliphatic carbocycles. The highest BCUT2D eigenvalue weighted by Gasteiger charge is 2.64. The third-order valence-electron chi connectivity index (χ3n) is 7.94. The molecule has 0 radical (unpaired) electrons. The topological polar surface area (TPSA) is 100 Å². The predicted octanol–water partition coefficient (Wildman–Crippen LogP) is 4.94. The van der Waals surface area contributed by atoms with Gasteiger partial charge in [-0.3, -0.25) is 4.79 Å². The van der Waals surface area contributed by atoms with E-state index >= 15 is 0 Å². The van der Waals surface area contributed by atoms with E-state index in [1.807, 2.05) is 61.5 Å². The van der Waals surface area contributed by atoms with Crippen LogP contribution in [0.25, 0.3) is 0 Å². The number of carbonyl (C=O) groups excluding carboxylic acids is 1. The van der Waals surface area contributed by atoms with Crippen LogP contribution in [0.2, 0.25) is 0 Å². The smallest absolute Gasteiger partial charge is 0.321 e. The van der Waals surface area contributed by atoms with Crippen molar-refractivity contribution in [2.75, 3.05) is 39.6 Å². The van der Waals surface area contributed by atoms with Gasteiger partial charge in [0, 0.05) is 14.2 Å². The molecule has 4 rings (SSSR count). The number of hydrogen-bond donors (Lipinski definition) is 0. The van der Waals surface area contributed by atoms with Crippen LogP contribution in [0.3, 0.4) is 0 Å². The first-order valence-electron chi connectivity index (χ1n) is 14.6. The van der Waals surface area contributed by atoms with Gasteiger partial charge in [0.15, 0.2) is 6.10 Å². The van der Waals surface area contributed by atoms with Crippen LogP contribution in [-0.2, 0) is 55.9 Å². The van der Waals surface area contributed by atoms with Gasteiger partial charge in [0.05, 0.1) is 26.9 Å². The molecule has 0 saturated carbocycles. The number of methoxy groups -OCH3 is 3. The summed E-state index contributed by atoms with van der Waals surface area (Å²) in [6.45, 7) is 6.14. The summed E-state index contributed by atoms with van der Waals surface area (Å²) in [5.41, 5.74) is 1.41. The predicted molar refractivity (Wildman–Crippen MR) is 166 cm³/mol. The van der Waals surface area contributed by atoms with Crippen LogP contribution in [0.4, 0.5) is 0 Å². The lowest BCUT2D eigenvalue weighted by Gasteiger charge is -2.58. The molecule has 8 atom stereocenters. The van der Waals surface area contributed by atoms with E-state index in [0.717, 1.165) is 22.6 Å². The maximum Gasteiger partial charge on any atom is 0.321 e. The molecule has 2 fully saturated rings. The summed E-state index contributed by atoms with van der Waals surface area (Å²) >= 11 is 7.42. The maximum absolute atomic E-state index is 12.5. The molecule has 244 valence electrons. The van der Waals surface area contributed by atoms with E-state index in [9.17, 15) is 4.79 Å². The molecule has 0 N–H and O–H groups in total. The Kier molecular flexibility index (Phi) is 12.8. The molecule has 0 amide bonds. The molecule has 0 bridgehead atoms. The van der Waals surface area contributed by atoms with Gasteiger partial charge in [0.25, 0.3) is 0 Å². The van der Waals surface area contributed by atoms with Crippen molar-refractivity contribution in [3.63, 3.8) is 0 Å². The van der Waals surface area contributed by atoms with Gasteiger partial charge >= 0.3 is 5.97 Å². The highest BCUT2D eigenvalue weighted by molar-refractivity contribution is 7.99. The fourth-order valence-electron chi connectivity index (χ4n) is 5.26. The molecule has 2 aromatic carbocycles. The fraction of sp³-hybridized carbons (Fsp3) is 0.594. The van der Waals surface area contributed by atoms with E-state index in [-0.39, 0.29) is 19.1 Å². The van der Waals surface area contributed by atoms with Crippen molar-refractivity contribution in [2.24, 2.45) is 0 Å². The second-order valence-corrected chi connectivity index (χ2v) is 12.3. The number of benzene rings is 2. The van der Waals surface area contributed by atoms with Crippen LogP contribution in [0.15, 0.2) is 54.6 Å². The van der Waals surface area contributed by atoms with Gasteiger partial charge in [-0.1, -0.05) is 49.4 Å². The molecule has 0 spiro atoms. The van der Waals surface area contributed by atoms with Gasteiger partial charge in [-0.2, -0.15) is 0 Å². The van der Waals surface area contributed by atoms with Gasteiger partial charge in [0.1, 0.15) is 41.5 Å². The zero-order valence-corrected chi connectivity index (χ0v) is 27.6. The monoisotopic (exact) mass is 654 g/mol. The Morgan fingerprint density at radius 2 is 1.57 bits per heavy atom.